The number of hydrogen-bond acceptors (Lipinski definition) is 6. The van der Waals surface area contributed by atoms with Crippen LogP contribution in [-0.4, -0.2) is 38.8 Å². The predicted octanol–water partition coefficient (Wildman–Crippen LogP) is 3.32. The van der Waals surface area contributed by atoms with Gasteiger partial charge >= 0.3 is 5.97 Å². The van der Waals surface area contributed by atoms with Crippen molar-refractivity contribution in [2.24, 2.45) is 5.92 Å². The van der Waals surface area contributed by atoms with E-state index >= 15 is 0 Å². The molecule has 0 bridgehead atoms. The van der Waals surface area contributed by atoms with Crippen LogP contribution in [0.4, 0.5) is 5.13 Å². The number of carbonyl (C=O) groups is 3. The number of anilines is 1. The van der Waals surface area contributed by atoms with E-state index in [9.17, 15) is 19.5 Å². The lowest BCUT2D eigenvalue weighted by molar-refractivity contribution is -0.177. The summed E-state index contributed by atoms with van der Waals surface area (Å²) >= 11 is 1.31. The molecule has 1 saturated heterocycles. The zero-order valence-corrected chi connectivity index (χ0v) is 18.1. The van der Waals surface area contributed by atoms with Crippen molar-refractivity contribution in [2.45, 2.75) is 31.2 Å². The molecule has 164 valence electrons. The highest BCUT2D eigenvalue weighted by Gasteiger charge is 2.54. The third-order valence-electron chi connectivity index (χ3n) is 5.79. The highest BCUT2D eigenvalue weighted by molar-refractivity contribution is 7.15. The minimum absolute atomic E-state index is 0.0155. The molecule has 3 N–H and O–H groups in total. The Kier molecular flexibility index (Phi) is 6.32. The highest BCUT2D eigenvalue weighted by Crippen LogP contribution is 2.35. The summed E-state index contributed by atoms with van der Waals surface area (Å²) in [5, 5.41) is 10.2. The van der Waals surface area contributed by atoms with Gasteiger partial charge in [0.2, 0.25) is 11.8 Å². The van der Waals surface area contributed by atoms with Crippen LogP contribution in [0, 0.1) is 5.92 Å². The quantitative estimate of drug-likeness (QED) is 0.510. The van der Waals surface area contributed by atoms with Crippen LogP contribution in [0.1, 0.15) is 34.8 Å². The van der Waals surface area contributed by atoms with E-state index in [1.807, 2.05) is 60.7 Å². The van der Waals surface area contributed by atoms with Gasteiger partial charge in [0.15, 0.2) is 5.13 Å². The predicted molar refractivity (Wildman–Crippen MR) is 121 cm³/mol. The lowest BCUT2D eigenvalue weighted by Crippen LogP contribution is -2.66. The maximum atomic E-state index is 13.1. The first-order chi connectivity index (χ1) is 15.5. The number of nitrogen functional groups attached to an aromatic ring is 1. The largest absolute Gasteiger partial charge is 0.480 e. The second kappa shape index (κ2) is 9.32. The summed E-state index contributed by atoms with van der Waals surface area (Å²) < 4.78 is 0. The average molecular weight is 450 g/mol. The van der Waals surface area contributed by atoms with Gasteiger partial charge in [0.05, 0.1) is 5.92 Å². The maximum absolute atomic E-state index is 13.1. The minimum atomic E-state index is -1.16. The molecular formula is C24H23N3O4S. The molecule has 7 nitrogen and oxygen atoms in total. The van der Waals surface area contributed by atoms with Gasteiger partial charge in [-0.05, 0) is 24.0 Å². The number of nitrogens with two attached hydrogens (primary N) is 1. The number of amides is 2. The number of rotatable bonds is 8. The monoisotopic (exact) mass is 449 g/mol. The third-order valence-corrected chi connectivity index (χ3v) is 6.68. The number of nitrogens with zero attached hydrogens (tertiary/aromatic N) is 2. The molecular weight excluding hydrogens is 426 g/mol. The second-order valence-electron chi connectivity index (χ2n) is 7.77. The first kappa shape index (κ1) is 21.7. The van der Waals surface area contributed by atoms with Gasteiger partial charge in [-0.25, -0.2) is 9.78 Å². The lowest BCUT2D eigenvalue weighted by Gasteiger charge is -2.43. The molecule has 2 aromatic carbocycles. The Labute approximate surface area is 189 Å². The zero-order chi connectivity index (χ0) is 22.7. The first-order valence-corrected chi connectivity index (χ1v) is 11.2. The van der Waals surface area contributed by atoms with Crippen LogP contribution in [0.2, 0.25) is 0 Å². The average Bonchev–Trinajstić information content (AvgIpc) is 3.21. The molecule has 32 heavy (non-hydrogen) atoms. The Morgan fingerprint density at radius 2 is 1.66 bits per heavy atom. The molecule has 1 aliphatic heterocycles. The Bertz CT molecular complexity index is 1080. The number of hydrogen-bond donors (Lipinski definition) is 2. The summed E-state index contributed by atoms with van der Waals surface area (Å²) in [6, 6.07) is 18.0. The van der Waals surface area contributed by atoms with Crippen molar-refractivity contribution in [3.63, 3.8) is 0 Å². The Morgan fingerprint density at radius 3 is 2.16 bits per heavy atom. The van der Waals surface area contributed by atoms with Crippen LogP contribution < -0.4 is 5.73 Å². The molecule has 0 saturated carbocycles. The number of likely N-dealkylation sites (tertiary alicyclic amines) is 1. The molecule has 0 radical (unpaired) electrons. The minimum Gasteiger partial charge on any atom is -0.480 e. The third kappa shape index (κ3) is 4.40. The summed E-state index contributed by atoms with van der Waals surface area (Å²) in [6.45, 7) is 0. The van der Waals surface area contributed by atoms with Crippen LogP contribution in [0.5, 0.6) is 0 Å². The molecule has 2 atom stereocenters. The number of aromatic nitrogens is 1. The van der Waals surface area contributed by atoms with Crippen LogP contribution in [0.25, 0.3) is 0 Å². The number of β-lactam (4-membered cyclic amide) rings is 1. The maximum Gasteiger partial charge on any atom is 0.327 e. The molecule has 2 amide bonds. The lowest BCUT2D eigenvalue weighted by atomic mass is 9.81. The van der Waals surface area contributed by atoms with E-state index in [1.165, 1.54) is 11.3 Å². The summed E-state index contributed by atoms with van der Waals surface area (Å²) in [4.78, 5) is 43.7. The van der Waals surface area contributed by atoms with Crippen LogP contribution in [0.3, 0.4) is 0 Å². The van der Waals surface area contributed by atoms with Gasteiger partial charge in [0.1, 0.15) is 6.04 Å². The Hall–Kier alpha value is -3.52. The van der Waals surface area contributed by atoms with E-state index in [0.29, 0.717) is 18.0 Å². The fourth-order valence-electron chi connectivity index (χ4n) is 4.20. The zero-order valence-electron chi connectivity index (χ0n) is 17.3. The Morgan fingerprint density at radius 1 is 1.06 bits per heavy atom. The SMILES string of the molecule is Nc1ncc(CC[C@H]2C(=O)N(C(=O)CC(c3ccccc3)c3ccccc3)[C@@H]2C(=O)O)s1. The molecule has 0 spiro atoms. The number of aliphatic carboxylic acids is 1. The molecule has 8 heteroatoms. The topological polar surface area (TPSA) is 114 Å². The summed E-state index contributed by atoms with van der Waals surface area (Å²) in [7, 11) is 0. The summed E-state index contributed by atoms with van der Waals surface area (Å²) in [6.07, 6.45) is 2.48. The number of carboxylic acids is 1. The molecule has 2 heterocycles. The highest BCUT2D eigenvalue weighted by atomic mass is 32.1. The number of imide groups is 1. The molecule has 4 rings (SSSR count). The van der Waals surface area contributed by atoms with Crippen molar-refractivity contribution in [3.05, 3.63) is 82.9 Å². The van der Waals surface area contributed by atoms with Gasteiger partial charge < -0.3 is 10.8 Å². The van der Waals surface area contributed by atoms with E-state index in [0.717, 1.165) is 20.9 Å². The van der Waals surface area contributed by atoms with Crippen LogP contribution in [0.15, 0.2) is 66.9 Å². The standard InChI is InChI=1S/C24H23N3O4S/c25-24-26-14-17(32-24)11-12-18-21(23(30)31)27(22(18)29)20(28)13-19(15-7-3-1-4-8-15)16-9-5-2-6-10-16/h1-10,14,18-19,21H,11-13H2,(H2,25,26)(H,30,31)/t18-,21+/m1/s1. The van der Waals surface area contributed by atoms with Gasteiger partial charge in [-0.2, -0.15) is 0 Å². The fourth-order valence-corrected chi connectivity index (χ4v) is 4.90. The van der Waals surface area contributed by atoms with E-state index in [2.05, 4.69) is 4.98 Å². The van der Waals surface area contributed by atoms with Crippen molar-refractivity contribution < 1.29 is 19.5 Å². The smallest absolute Gasteiger partial charge is 0.327 e. The normalized spacial score (nSPS) is 17.9. The van der Waals surface area contributed by atoms with Crippen LogP contribution in [-0.2, 0) is 20.8 Å². The number of aryl methyl sites for hydroxylation is 1. The van der Waals surface area contributed by atoms with E-state index in [1.54, 1.807) is 6.20 Å². The molecule has 0 unspecified atom stereocenters. The molecule has 1 aliphatic rings. The molecule has 1 aromatic heterocycles. The van der Waals surface area contributed by atoms with Crippen molar-refractivity contribution in [3.8, 4) is 0 Å². The van der Waals surface area contributed by atoms with Crippen molar-refractivity contribution in [2.75, 3.05) is 5.73 Å². The van der Waals surface area contributed by atoms with Crippen LogP contribution >= 0.6 is 11.3 Å². The van der Waals surface area contributed by atoms with E-state index in [4.69, 9.17) is 5.73 Å². The van der Waals surface area contributed by atoms with E-state index in [-0.39, 0.29) is 12.3 Å². The first-order valence-electron chi connectivity index (χ1n) is 10.3. The Balaban J connectivity index is 1.50. The van der Waals surface area contributed by atoms with Gasteiger partial charge in [0, 0.05) is 23.4 Å². The molecule has 1 fully saturated rings. The second-order valence-corrected chi connectivity index (χ2v) is 8.92. The molecule has 0 aliphatic carbocycles. The molecule has 3 aromatic rings. The fraction of sp³-hybridized carbons (Fsp3) is 0.250. The van der Waals surface area contributed by atoms with Gasteiger partial charge in [0.25, 0.3) is 0 Å². The summed E-state index contributed by atoms with van der Waals surface area (Å²) in [5.74, 6) is -3.07. The number of carbonyl (C=O) groups excluding carboxylic acids is 2. The number of thiazole rings is 1. The van der Waals surface area contributed by atoms with Crippen molar-refractivity contribution >= 4 is 34.3 Å². The van der Waals surface area contributed by atoms with Gasteiger partial charge in [-0.1, -0.05) is 60.7 Å². The van der Waals surface area contributed by atoms with Gasteiger partial charge in [-0.3, -0.25) is 14.5 Å². The number of benzene rings is 2. The van der Waals surface area contributed by atoms with E-state index < -0.39 is 29.7 Å². The summed E-state index contributed by atoms with van der Waals surface area (Å²) in [5.41, 5.74) is 7.50. The van der Waals surface area contributed by atoms with Gasteiger partial charge in [-0.15, -0.1) is 11.3 Å². The van der Waals surface area contributed by atoms with Crippen molar-refractivity contribution in [1.82, 2.24) is 9.88 Å². The number of carboxylic acid groups (broad SMARTS) is 1. The van der Waals surface area contributed by atoms with Crippen molar-refractivity contribution in [1.29, 1.82) is 0 Å².